The number of carbonyl (C=O) groups excluding carboxylic acids is 3. The molecular weight excluding hydrogens is 849 g/mol. The molecule has 0 radical (unpaired) electrons. The van der Waals surface area contributed by atoms with Crippen LogP contribution in [-0.2, 0) is 23.8 Å². The summed E-state index contributed by atoms with van der Waals surface area (Å²) in [5.41, 5.74) is 4.14. The Morgan fingerprint density at radius 2 is 1.71 bits per heavy atom. The summed E-state index contributed by atoms with van der Waals surface area (Å²) < 4.78 is 24.7. The molecule has 6 rings (SSSR count). The standard InChI is InChI=1S/C49H68N4O11Si/c1-28-16-14-17-29(2)48(60)51-40-35(27-50-52-19-22-53(9,23-20-52)21-15-25-65(11,12)13)26-36-38(44(40)58)43(57)33(6)46-39(36)47(59)49(8,64-46)62-24-18-37(61-10)30(3)45(63-34(7)54)32(5)42(56)31(4)41(28)55/h14,16-18,24,26-28,30-32,37,41-42,45,55-56H,19-23H2,1-13H3,(H2-,50,51,57,58,59,60)/p+1/b16-14+,24-18+,29-17-/t28-,30+,31+,32+,37-,41-,42+,45+,49-/m0/s1. The lowest BCUT2D eigenvalue weighted by Gasteiger charge is -2.39. The molecule has 2 aromatic rings. The number of phenolic OH excluding ortho intramolecular Hbond substituents is 2. The first-order valence-electron chi connectivity index (χ1n) is 22.3. The molecule has 16 heteroatoms. The van der Waals surface area contributed by atoms with Gasteiger partial charge in [0.15, 0.2) is 5.75 Å². The first kappa shape index (κ1) is 50.8. The van der Waals surface area contributed by atoms with Gasteiger partial charge < -0.3 is 49.2 Å². The van der Waals surface area contributed by atoms with Gasteiger partial charge in [-0.1, -0.05) is 71.5 Å². The fourth-order valence-corrected chi connectivity index (χ4v) is 9.24. The normalized spacial score (nSPS) is 30.8. The molecule has 0 unspecified atom stereocenters. The van der Waals surface area contributed by atoms with E-state index < -0.39 is 85.4 Å². The smallest absolute Gasteiger partial charge is 0.312 e. The van der Waals surface area contributed by atoms with Gasteiger partial charge in [0.05, 0.1) is 80.7 Å². The van der Waals surface area contributed by atoms with Crippen molar-refractivity contribution in [3.8, 4) is 28.7 Å². The molecule has 354 valence electrons. The SMILES string of the molecule is CO[C@H]1/C=C/O[C@@]2(C)Oc3c(C)c(O)c4c(O)c(c(/C=N/N5CC[N+](C)(CC#C[Si](C)(C)C)CC5)cc4c3C2=O)NC(=O)/C(C)=C\C=C\[C@H](C)[C@H](O)[C@@H](C)[C@@H](O)[C@@H](C)[C@H](OC(C)=O)[C@@H]1C. The fourth-order valence-electron chi connectivity index (χ4n) is 8.63. The van der Waals surface area contributed by atoms with E-state index in [0.29, 0.717) is 13.1 Å². The number of esters is 1. The number of hydrazone groups is 1. The number of nitrogens with one attached hydrogen (secondary N) is 1. The number of hydrogen-bond acceptors (Lipinski definition) is 13. The Kier molecular flexibility index (Phi) is 15.7. The maximum atomic E-state index is 14.5. The van der Waals surface area contributed by atoms with Crippen LogP contribution in [0, 0.1) is 42.1 Å². The number of nitrogens with zero attached hydrogens (tertiary/aromatic N) is 3. The number of Topliss-reactive ketones (excluding diaryl/α,β-unsaturated/α-hetero) is 1. The molecule has 9 atom stereocenters. The van der Waals surface area contributed by atoms with Crippen molar-refractivity contribution < 1.29 is 58.2 Å². The Bertz CT molecular complexity index is 2330. The molecular formula is C49H69N4O11Si+. The van der Waals surface area contributed by atoms with Crippen LogP contribution < -0.4 is 10.1 Å². The number of aromatic hydroxyl groups is 2. The molecule has 4 aliphatic heterocycles. The van der Waals surface area contributed by atoms with E-state index in [2.05, 4.69) is 43.5 Å². The first-order valence-corrected chi connectivity index (χ1v) is 25.8. The summed E-state index contributed by atoms with van der Waals surface area (Å²) in [6.45, 7) is 23.1. The summed E-state index contributed by atoms with van der Waals surface area (Å²) in [4.78, 5) is 40.8. The van der Waals surface area contributed by atoms with Crippen LogP contribution in [0.1, 0.15) is 70.0 Å². The van der Waals surface area contributed by atoms with Crippen LogP contribution in [0.15, 0.2) is 47.3 Å². The summed E-state index contributed by atoms with van der Waals surface area (Å²) in [5.74, 6) is -3.46. The second-order valence-corrected chi connectivity index (χ2v) is 24.2. The van der Waals surface area contributed by atoms with E-state index in [0.717, 1.165) is 24.1 Å². The number of fused-ring (bicyclic) bond motifs is 14. The van der Waals surface area contributed by atoms with Crippen molar-refractivity contribution in [2.45, 2.75) is 105 Å². The number of carbonyl (C=O) groups is 3. The van der Waals surface area contributed by atoms with Crippen molar-refractivity contribution in [2.75, 3.05) is 52.2 Å². The molecule has 5 bridgehead atoms. The Morgan fingerprint density at radius 1 is 1.05 bits per heavy atom. The van der Waals surface area contributed by atoms with Crippen molar-refractivity contribution in [3.63, 3.8) is 0 Å². The van der Waals surface area contributed by atoms with E-state index in [4.69, 9.17) is 24.0 Å². The highest BCUT2D eigenvalue weighted by Crippen LogP contribution is 2.51. The van der Waals surface area contributed by atoms with Gasteiger partial charge in [-0.2, -0.15) is 5.10 Å². The van der Waals surface area contributed by atoms with Gasteiger partial charge in [0.2, 0.25) is 0 Å². The average molecular weight is 918 g/mol. The predicted molar refractivity (Wildman–Crippen MR) is 253 cm³/mol. The van der Waals surface area contributed by atoms with Crippen LogP contribution in [0.2, 0.25) is 19.6 Å². The molecule has 5 N–H and O–H groups in total. The van der Waals surface area contributed by atoms with Crippen LogP contribution >= 0.6 is 0 Å². The van der Waals surface area contributed by atoms with Gasteiger partial charge in [0.25, 0.3) is 11.7 Å². The molecule has 1 amide bonds. The number of anilines is 1. The number of ether oxygens (including phenoxy) is 4. The lowest BCUT2D eigenvalue weighted by atomic mass is 9.78. The minimum absolute atomic E-state index is 0.0350. The number of phenols is 2. The largest absolute Gasteiger partial charge is 0.507 e. The van der Waals surface area contributed by atoms with Gasteiger partial charge in [-0.3, -0.25) is 19.4 Å². The van der Waals surface area contributed by atoms with Crippen molar-refractivity contribution in [3.05, 3.63) is 58.9 Å². The highest BCUT2D eigenvalue weighted by Gasteiger charge is 2.49. The van der Waals surface area contributed by atoms with Crippen LogP contribution in [0.3, 0.4) is 0 Å². The van der Waals surface area contributed by atoms with E-state index in [1.807, 2.05) is 5.01 Å². The zero-order valence-corrected chi connectivity index (χ0v) is 41.2. The molecule has 4 aliphatic rings. The van der Waals surface area contributed by atoms with Gasteiger partial charge in [-0.15, -0.1) is 5.54 Å². The van der Waals surface area contributed by atoms with Crippen LogP contribution in [-0.4, -0.2) is 139 Å². The number of rotatable bonds is 5. The van der Waals surface area contributed by atoms with Crippen LogP contribution in [0.25, 0.3) is 10.8 Å². The van der Waals surface area contributed by atoms with Crippen molar-refractivity contribution in [1.29, 1.82) is 0 Å². The summed E-state index contributed by atoms with van der Waals surface area (Å²) in [6, 6.07) is 1.58. The Labute approximate surface area is 384 Å². The van der Waals surface area contributed by atoms with Gasteiger partial charge in [0.1, 0.15) is 32.2 Å². The van der Waals surface area contributed by atoms with Gasteiger partial charge in [-0.25, -0.2) is 0 Å². The average Bonchev–Trinajstić information content (AvgIpc) is 3.51. The Morgan fingerprint density at radius 3 is 2.32 bits per heavy atom. The number of piperazine rings is 1. The quantitative estimate of drug-likeness (QED) is 0.0585. The number of methoxy groups -OCH3 is 1. The third-order valence-electron chi connectivity index (χ3n) is 13.0. The van der Waals surface area contributed by atoms with E-state index in [-0.39, 0.29) is 50.2 Å². The van der Waals surface area contributed by atoms with Gasteiger partial charge >= 0.3 is 11.8 Å². The van der Waals surface area contributed by atoms with E-state index >= 15 is 0 Å². The number of aliphatic hydroxyl groups excluding tert-OH is 2. The number of likely N-dealkylation sites (N-methyl/N-ethyl adjacent to an activating group) is 1. The number of quaternary nitrogens is 1. The molecule has 4 heterocycles. The molecule has 1 saturated heterocycles. The second-order valence-electron chi connectivity index (χ2n) is 19.5. The zero-order chi connectivity index (χ0) is 48.3. The number of aliphatic hydroxyl groups is 2. The van der Waals surface area contributed by atoms with Gasteiger partial charge in [-0.05, 0) is 26.0 Å². The van der Waals surface area contributed by atoms with Crippen molar-refractivity contribution >= 4 is 48.4 Å². The number of amides is 1. The summed E-state index contributed by atoms with van der Waals surface area (Å²) in [6.07, 6.45) is 5.45. The lowest BCUT2D eigenvalue weighted by molar-refractivity contribution is -0.906. The third-order valence-corrected chi connectivity index (χ3v) is 13.9. The number of hydrogen-bond donors (Lipinski definition) is 5. The highest BCUT2D eigenvalue weighted by atomic mass is 28.3. The number of allylic oxidation sites excluding steroid dienone is 2. The predicted octanol–water partition coefficient (Wildman–Crippen LogP) is 6.03. The molecule has 0 saturated carbocycles. The highest BCUT2D eigenvalue weighted by molar-refractivity contribution is 6.83. The minimum atomic E-state index is -1.94. The maximum Gasteiger partial charge on any atom is 0.312 e. The monoisotopic (exact) mass is 917 g/mol. The molecule has 2 aromatic carbocycles. The van der Waals surface area contributed by atoms with Crippen molar-refractivity contribution in [2.24, 2.45) is 28.8 Å². The lowest BCUT2D eigenvalue weighted by Crippen LogP contribution is -2.56. The molecule has 1 fully saturated rings. The molecule has 0 spiro atoms. The van der Waals surface area contributed by atoms with E-state index in [1.54, 1.807) is 71.9 Å². The minimum Gasteiger partial charge on any atom is -0.507 e. The summed E-state index contributed by atoms with van der Waals surface area (Å²) >= 11 is 0. The van der Waals surface area contributed by atoms with Crippen LogP contribution in [0.5, 0.6) is 17.2 Å². The molecule has 0 aromatic heterocycles. The maximum absolute atomic E-state index is 14.5. The molecule has 65 heavy (non-hydrogen) atoms. The Balaban J connectivity index is 1.62. The van der Waals surface area contributed by atoms with Gasteiger partial charge in [0, 0.05) is 66.7 Å². The zero-order valence-electron chi connectivity index (χ0n) is 40.2. The summed E-state index contributed by atoms with van der Waals surface area (Å²) in [7, 11) is 2.14. The van der Waals surface area contributed by atoms with E-state index in [9.17, 15) is 34.8 Å². The number of ketones is 1. The van der Waals surface area contributed by atoms with E-state index in [1.165, 1.54) is 33.4 Å². The fraction of sp³-hybridized carbons (Fsp3) is 0.551. The molecule has 0 aliphatic carbocycles. The van der Waals surface area contributed by atoms with Crippen molar-refractivity contribution in [1.82, 2.24) is 5.01 Å². The summed E-state index contributed by atoms with van der Waals surface area (Å²) in [5, 5.41) is 56.3. The molecule has 15 nitrogen and oxygen atoms in total. The first-order chi connectivity index (χ1) is 30.3. The van der Waals surface area contributed by atoms with Crippen LogP contribution in [0.4, 0.5) is 5.69 Å². The topological polar surface area (TPSA) is 197 Å². The Hall–Kier alpha value is -5.18. The second kappa shape index (κ2) is 20.1. The third kappa shape index (κ3) is 11.3. The number of benzene rings is 2.